The van der Waals surface area contributed by atoms with Gasteiger partial charge in [0.1, 0.15) is 5.78 Å². The van der Waals surface area contributed by atoms with E-state index in [9.17, 15) is 9.90 Å². The number of hydrogen-bond acceptors (Lipinski definition) is 4. The maximum absolute atomic E-state index is 12.0. The maximum atomic E-state index is 12.0. The number of carbonyl (C=O) groups is 1. The summed E-state index contributed by atoms with van der Waals surface area (Å²) in [7, 11) is 0. The van der Waals surface area contributed by atoms with Crippen molar-refractivity contribution in [1.29, 1.82) is 0 Å². The molecule has 1 heterocycles. The molecule has 1 fully saturated rings. The van der Waals surface area contributed by atoms with Crippen molar-refractivity contribution in [1.82, 2.24) is 0 Å². The highest BCUT2D eigenvalue weighted by atomic mass is 16.7. The monoisotopic (exact) mass is 272 g/mol. The van der Waals surface area contributed by atoms with Gasteiger partial charge in [-0.2, -0.15) is 0 Å². The summed E-state index contributed by atoms with van der Waals surface area (Å²) in [5, 5.41) is 9.74. The molecule has 0 aliphatic carbocycles. The smallest absolute Gasteiger partial charge is 0.163 e. The van der Waals surface area contributed by atoms with Crippen LogP contribution in [0.25, 0.3) is 0 Å². The average molecular weight is 272 g/mol. The first-order chi connectivity index (χ1) is 8.73. The molecule has 4 heteroatoms. The van der Waals surface area contributed by atoms with Crippen molar-refractivity contribution in [2.45, 2.75) is 84.4 Å². The Hall–Kier alpha value is -0.450. The number of ketones is 1. The van der Waals surface area contributed by atoms with Crippen LogP contribution in [0.3, 0.4) is 0 Å². The second-order valence-electron chi connectivity index (χ2n) is 6.28. The van der Waals surface area contributed by atoms with Gasteiger partial charge in [0.2, 0.25) is 0 Å². The predicted molar refractivity (Wildman–Crippen MR) is 73.8 cm³/mol. The average Bonchev–Trinajstić information content (AvgIpc) is 2.26. The molecular formula is C15H28O4. The minimum absolute atomic E-state index is 0.0683. The van der Waals surface area contributed by atoms with Gasteiger partial charge in [-0.3, -0.25) is 4.79 Å². The fraction of sp³-hybridized carbons (Fsp3) is 0.933. The highest BCUT2D eigenvalue weighted by Gasteiger charge is 2.35. The molecule has 0 aromatic heterocycles. The third kappa shape index (κ3) is 5.59. The molecule has 0 radical (unpaired) electrons. The van der Waals surface area contributed by atoms with Crippen molar-refractivity contribution in [2.24, 2.45) is 5.92 Å². The number of hydrogen-bond donors (Lipinski definition) is 1. The Morgan fingerprint density at radius 3 is 2.42 bits per heavy atom. The highest BCUT2D eigenvalue weighted by molar-refractivity contribution is 5.79. The number of ether oxygens (including phenoxy) is 2. The van der Waals surface area contributed by atoms with Gasteiger partial charge in [0.15, 0.2) is 5.79 Å². The largest absolute Gasteiger partial charge is 0.392 e. The van der Waals surface area contributed by atoms with Crippen LogP contribution in [0.4, 0.5) is 0 Å². The summed E-state index contributed by atoms with van der Waals surface area (Å²) in [4.78, 5) is 12.0. The Balaban J connectivity index is 2.49. The SMILES string of the molecule is CC[C@@H]1C[C@@H](CC(=O)C[C@H](O)C(C)C)OC(C)(C)O1. The van der Waals surface area contributed by atoms with Gasteiger partial charge in [0.25, 0.3) is 0 Å². The second-order valence-corrected chi connectivity index (χ2v) is 6.28. The van der Waals surface area contributed by atoms with Gasteiger partial charge in [-0.05, 0) is 26.2 Å². The van der Waals surface area contributed by atoms with Gasteiger partial charge >= 0.3 is 0 Å². The minimum atomic E-state index is -0.624. The predicted octanol–water partition coefficient (Wildman–Crippen LogP) is 2.67. The maximum Gasteiger partial charge on any atom is 0.163 e. The molecular weight excluding hydrogens is 244 g/mol. The van der Waals surface area contributed by atoms with E-state index < -0.39 is 11.9 Å². The molecule has 4 nitrogen and oxygen atoms in total. The Kier molecular flexibility index (Phi) is 5.96. The van der Waals surface area contributed by atoms with E-state index in [2.05, 4.69) is 6.92 Å². The Labute approximate surface area is 116 Å². The quantitative estimate of drug-likeness (QED) is 0.807. The van der Waals surface area contributed by atoms with E-state index in [0.29, 0.717) is 6.42 Å². The third-order valence-electron chi connectivity index (χ3n) is 3.54. The third-order valence-corrected chi connectivity index (χ3v) is 3.54. The minimum Gasteiger partial charge on any atom is -0.392 e. The van der Waals surface area contributed by atoms with Crippen LogP contribution in [0.5, 0.6) is 0 Å². The molecule has 0 bridgehead atoms. The number of aliphatic hydroxyl groups is 1. The number of rotatable bonds is 6. The van der Waals surface area contributed by atoms with Gasteiger partial charge in [-0.15, -0.1) is 0 Å². The van der Waals surface area contributed by atoms with Crippen LogP contribution in [-0.2, 0) is 14.3 Å². The van der Waals surface area contributed by atoms with Crippen LogP contribution in [0.15, 0.2) is 0 Å². The molecule has 1 rings (SSSR count). The number of carbonyl (C=O) groups excluding carboxylic acids is 1. The van der Waals surface area contributed by atoms with Gasteiger partial charge in [0, 0.05) is 19.3 Å². The zero-order valence-electron chi connectivity index (χ0n) is 12.8. The summed E-state index contributed by atoms with van der Waals surface area (Å²) < 4.78 is 11.6. The zero-order chi connectivity index (χ0) is 14.6. The molecule has 0 aromatic carbocycles. The summed E-state index contributed by atoms with van der Waals surface area (Å²) >= 11 is 0. The molecule has 0 aromatic rings. The number of aliphatic hydroxyl groups excluding tert-OH is 1. The molecule has 1 aliphatic heterocycles. The lowest BCUT2D eigenvalue weighted by molar-refractivity contribution is -0.299. The van der Waals surface area contributed by atoms with Crippen LogP contribution >= 0.6 is 0 Å². The lowest BCUT2D eigenvalue weighted by Gasteiger charge is -2.40. The molecule has 0 unspecified atom stereocenters. The first-order valence-electron chi connectivity index (χ1n) is 7.29. The Morgan fingerprint density at radius 1 is 1.32 bits per heavy atom. The normalized spacial score (nSPS) is 28.4. The van der Waals surface area contributed by atoms with E-state index in [1.54, 1.807) is 0 Å². The molecule has 0 spiro atoms. The van der Waals surface area contributed by atoms with E-state index in [-0.39, 0.29) is 30.3 Å². The molecule has 19 heavy (non-hydrogen) atoms. The van der Waals surface area contributed by atoms with Crippen molar-refractivity contribution in [3.63, 3.8) is 0 Å². The molecule has 1 saturated heterocycles. The van der Waals surface area contributed by atoms with Crippen molar-refractivity contribution in [3.8, 4) is 0 Å². The van der Waals surface area contributed by atoms with Crippen molar-refractivity contribution >= 4 is 5.78 Å². The lowest BCUT2D eigenvalue weighted by atomic mass is 9.96. The summed E-state index contributed by atoms with van der Waals surface area (Å²) in [5.74, 6) is -0.446. The van der Waals surface area contributed by atoms with Gasteiger partial charge in [-0.25, -0.2) is 0 Å². The first-order valence-corrected chi connectivity index (χ1v) is 7.29. The molecule has 1 N–H and O–H groups in total. The Morgan fingerprint density at radius 2 is 1.89 bits per heavy atom. The van der Waals surface area contributed by atoms with Crippen LogP contribution in [0.2, 0.25) is 0 Å². The topological polar surface area (TPSA) is 55.8 Å². The van der Waals surface area contributed by atoms with Gasteiger partial charge < -0.3 is 14.6 Å². The van der Waals surface area contributed by atoms with Gasteiger partial charge in [0.05, 0.1) is 18.3 Å². The van der Waals surface area contributed by atoms with Gasteiger partial charge in [-0.1, -0.05) is 20.8 Å². The van der Waals surface area contributed by atoms with Crippen LogP contribution in [-0.4, -0.2) is 35.0 Å². The molecule has 0 amide bonds. The van der Waals surface area contributed by atoms with Crippen LogP contribution < -0.4 is 0 Å². The van der Waals surface area contributed by atoms with E-state index in [1.807, 2.05) is 27.7 Å². The summed E-state index contributed by atoms with van der Waals surface area (Å²) in [6, 6.07) is 0. The van der Waals surface area contributed by atoms with Crippen LogP contribution in [0, 0.1) is 5.92 Å². The summed E-state index contributed by atoms with van der Waals surface area (Å²) in [6.45, 7) is 9.68. The highest BCUT2D eigenvalue weighted by Crippen LogP contribution is 2.30. The zero-order valence-corrected chi connectivity index (χ0v) is 12.8. The standard InChI is InChI=1S/C15H28O4/c1-6-12-9-13(19-15(4,5)18-12)7-11(16)8-14(17)10(2)3/h10,12-14,17H,6-9H2,1-5H3/t12-,13-,14+/m1/s1. The van der Waals surface area contributed by atoms with E-state index in [1.165, 1.54) is 0 Å². The summed E-state index contributed by atoms with van der Waals surface area (Å²) in [5.41, 5.74) is 0. The fourth-order valence-corrected chi connectivity index (χ4v) is 2.40. The Bertz CT molecular complexity index is 299. The van der Waals surface area contributed by atoms with E-state index >= 15 is 0 Å². The van der Waals surface area contributed by atoms with Crippen molar-refractivity contribution in [3.05, 3.63) is 0 Å². The van der Waals surface area contributed by atoms with Crippen molar-refractivity contribution < 1.29 is 19.4 Å². The summed E-state index contributed by atoms with van der Waals surface area (Å²) in [6.07, 6.45) is 1.76. The van der Waals surface area contributed by atoms with Crippen LogP contribution in [0.1, 0.15) is 60.3 Å². The number of Topliss-reactive ketones (excluding diaryl/α,β-unsaturated/α-hetero) is 1. The lowest BCUT2D eigenvalue weighted by Crippen LogP contribution is -2.45. The first kappa shape index (κ1) is 16.6. The molecule has 0 saturated carbocycles. The van der Waals surface area contributed by atoms with Crippen molar-refractivity contribution in [2.75, 3.05) is 0 Å². The fourth-order valence-electron chi connectivity index (χ4n) is 2.40. The molecule has 1 aliphatic rings. The van der Waals surface area contributed by atoms with E-state index in [4.69, 9.17) is 9.47 Å². The molecule has 112 valence electrons. The molecule has 3 atom stereocenters. The van der Waals surface area contributed by atoms with E-state index in [0.717, 1.165) is 12.8 Å². The second kappa shape index (κ2) is 6.82.